The molecule has 6 aliphatic rings. The number of nitrogens with zero attached hydrogens (tertiary/aromatic N) is 10. The predicted molar refractivity (Wildman–Crippen MR) is 391 cm³/mol. The number of aryl methyl sites for hydroxylation is 1. The molecule has 3 saturated carbocycles. The van der Waals surface area contributed by atoms with Crippen LogP contribution < -0.4 is 16.0 Å². The SMILES string of the molecule is CC[C@H](C)[C@@H]1NC(=O)[C@H](CC(C)C)N(C)C(=O)C[C@@H](C(=O)N(C)C)N(C)C(=O)[C@H](C2CCCC2)N(C)C(=O)C2(CCCC2)NC(=O)[C@H](CC(=O)N2CCCCC2)N(C)C(=O)[C@H](CCc2ccc(C(F)(F)F)c(Cl)c2)NC(=O)CN(C)C(=O)[C@H](CC2CCCCC2)N(C)C(=O)[C@@H]2CCN2C(=O)[C@H](C)N(C)C1=O. The maximum atomic E-state index is 15.8. The second kappa shape index (κ2) is 37.5. The van der Waals surface area contributed by atoms with Crippen LogP contribution in [-0.2, 0) is 74.9 Å². The number of fused-ring (bicyclic) bond motifs is 1. The van der Waals surface area contributed by atoms with Gasteiger partial charge in [-0.05, 0) is 125 Å². The van der Waals surface area contributed by atoms with Crippen molar-refractivity contribution in [3.63, 3.8) is 0 Å². The van der Waals surface area contributed by atoms with Crippen molar-refractivity contribution in [2.75, 3.05) is 89.6 Å². The molecule has 3 N–H and O–H groups in total. The van der Waals surface area contributed by atoms with Crippen molar-refractivity contribution < 1.29 is 75.5 Å². The van der Waals surface area contributed by atoms with E-state index in [1.165, 1.54) is 106 Å². The van der Waals surface area contributed by atoms with Crippen LogP contribution in [0.15, 0.2) is 18.2 Å². The lowest BCUT2D eigenvalue weighted by Gasteiger charge is -2.45. The van der Waals surface area contributed by atoms with E-state index in [4.69, 9.17) is 11.6 Å². The number of likely N-dealkylation sites (tertiary alicyclic amines) is 1. The number of amides is 13. The van der Waals surface area contributed by atoms with Gasteiger partial charge in [-0.1, -0.05) is 110 Å². The van der Waals surface area contributed by atoms with Gasteiger partial charge in [0, 0.05) is 83.1 Å². The summed E-state index contributed by atoms with van der Waals surface area (Å²) in [5.41, 5.74) is -2.60. The third-order valence-electron chi connectivity index (χ3n) is 23.5. The molecule has 3 saturated heterocycles. The second-order valence-corrected chi connectivity index (χ2v) is 32.0. The van der Waals surface area contributed by atoms with Crippen molar-refractivity contribution in [1.82, 2.24) is 64.9 Å². The monoisotopic (exact) mass is 1510 g/mol. The van der Waals surface area contributed by atoms with Crippen LogP contribution in [-0.4, -0.2) is 275 Å². The average molecular weight is 1510 g/mol. The molecule has 3 aliphatic carbocycles. The highest BCUT2D eigenvalue weighted by Gasteiger charge is 2.52. The smallest absolute Gasteiger partial charge is 0.347 e. The van der Waals surface area contributed by atoms with Gasteiger partial charge in [0.05, 0.1) is 30.0 Å². The number of likely N-dealkylation sites (N-methyl/N-ethyl adjacent to an activating group) is 8. The number of hydrogen-bond acceptors (Lipinski definition) is 13. The molecular formula is C76H117ClF3N13O13. The topological polar surface area (TPSA) is 290 Å². The van der Waals surface area contributed by atoms with Gasteiger partial charge in [0.15, 0.2) is 0 Å². The third kappa shape index (κ3) is 20.6. The summed E-state index contributed by atoms with van der Waals surface area (Å²) in [6.45, 7) is 8.96. The van der Waals surface area contributed by atoms with Crippen LogP contribution in [0.5, 0.6) is 0 Å². The van der Waals surface area contributed by atoms with Crippen LogP contribution >= 0.6 is 11.6 Å². The first-order valence-electron chi connectivity index (χ1n) is 38.3. The zero-order valence-electron chi connectivity index (χ0n) is 64.8. The Bertz CT molecular complexity index is 3360. The van der Waals surface area contributed by atoms with Crippen molar-refractivity contribution in [3.05, 3.63) is 34.3 Å². The molecule has 26 nitrogen and oxygen atoms in total. The van der Waals surface area contributed by atoms with Gasteiger partial charge >= 0.3 is 6.18 Å². The molecule has 1 aromatic rings. The Labute approximate surface area is 628 Å². The number of hydrogen-bond donors (Lipinski definition) is 3. The summed E-state index contributed by atoms with van der Waals surface area (Å²) in [5, 5.41) is 8.04. The Morgan fingerprint density at radius 2 is 1.25 bits per heavy atom. The standard InChI is InChI=1S/C76H117ClF3N13O13/c1-15-47(4)63-72(104)86(9)48(5)67(99)93-39-34-55(93)71(103)89(12)58(42-49-26-18-16-19-27-49)70(102)85(8)45-60(94)81-54(33-31-50-30-32-52(53(77)41-50)76(78,79)80)68(100)88(11)57(43-62(96)92-37-24-17-25-38-92)66(98)83-75(35-22-23-36-75)74(106)91(14)64(51-28-20-21-29-51)73(105)90(13)59(69(101)84(6)7)44-61(95)87(10)56(40-46(2)3)65(97)82-63/h30,32,41,46-49,51,54-59,63-64H,15-29,31,33-40,42-45H2,1-14H3,(H,81,94)(H,82,97)(H,83,98)/t47-,48-,54-,55-,56-,57-,58-,59-,63-,64-/m0/s1. The number of halogens is 4. The number of benzene rings is 1. The van der Waals surface area contributed by atoms with Crippen molar-refractivity contribution >= 4 is 88.4 Å². The van der Waals surface area contributed by atoms with Gasteiger partial charge in [0.1, 0.15) is 59.9 Å². The molecule has 3 aliphatic heterocycles. The fourth-order valence-corrected chi connectivity index (χ4v) is 16.6. The zero-order valence-corrected chi connectivity index (χ0v) is 65.6. The van der Waals surface area contributed by atoms with Crippen molar-refractivity contribution in [3.8, 4) is 0 Å². The number of rotatable bonds is 13. The fraction of sp³-hybridized carbons (Fsp3) is 0.750. The quantitative estimate of drug-likeness (QED) is 0.208. The van der Waals surface area contributed by atoms with Crippen LogP contribution in [0.1, 0.15) is 193 Å². The summed E-state index contributed by atoms with van der Waals surface area (Å²) >= 11 is 6.20. The Morgan fingerprint density at radius 1 is 0.651 bits per heavy atom. The van der Waals surface area contributed by atoms with Crippen molar-refractivity contribution in [2.45, 2.75) is 255 Å². The van der Waals surface area contributed by atoms with Gasteiger partial charge in [0.25, 0.3) is 0 Å². The summed E-state index contributed by atoms with van der Waals surface area (Å²) in [6, 6.07) is -8.82. The molecule has 0 bridgehead atoms. The number of nitrogens with one attached hydrogen (secondary N) is 3. The van der Waals surface area contributed by atoms with Crippen LogP contribution in [0.2, 0.25) is 5.02 Å². The van der Waals surface area contributed by atoms with E-state index in [2.05, 4.69) is 16.0 Å². The Balaban J connectivity index is 1.34. The van der Waals surface area contributed by atoms with Crippen LogP contribution in [0.4, 0.5) is 13.2 Å². The molecule has 3 heterocycles. The van der Waals surface area contributed by atoms with Gasteiger partial charge in [-0.3, -0.25) is 62.3 Å². The average Bonchev–Trinajstić information content (AvgIpc) is 1.50. The van der Waals surface area contributed by atoms with Crippen LogP contribution in [0.3, 0.4) is 0 Å². The van der Waals surface area contributed by atoms with E-state index in [1.54, 1.807) is 11.8 Å². The molecular weight excluding hydrogens is 1400 g/mol. The van der Waals surface area contributed by atoms with E-state index in [0.29, 0.717) is 70.9 Å². The first-order chi connectivity index (χ1) is 49.8. The Hall–Kier alpha value is -7.59. The molecule has 592 valence electrons. The lowest BCUT2D eigenvalue weighted by Crippen LogP contribution is -2.65. The minimum Gasteiger partial charge on any atom is -0.347 e. The molecule has 30 heteroatoms. The Morgan fingerprint density at radius 3 is 1.82 bits per heavy atom. The normalized spacial score (nSPS) is 27.2. The Kier molecular flexibility index (Phi) is 30.3. The molecule has 6 fully saturated rings. The van der Waals surface area contributed by atoms with Gasteiger partial charge in [-0.2, -0.15) is 13.2 Å². The molecule has 1 spiro atoms. The minimum atomic E-state index is -4.80. The summed E-state index contributed by atoms with van der Waals surface area (Å²) < 4.78 is 42.0. The third-order valence-corrected chi connectivity index (χ3v) is 23.8. The lowest BCUT2D eigenvalue weighted by atomic mass is 9.84. The maximum absolute atomic E-state index is 15.8. The summed E-state index contributed by atoms with van der Waals surface area (Å²) in [5.74, 6) is -10.2. The summed E-state index contributed by atoms with van der Waals surface area (Å²) in [6.07, 6.45) is 4.18. The van der Waals surface area contributed by atoms with Crippen molar-refractivity contribution in [2.24, 2.45) is 23.7 Å². The van der Waals surface area contributed by atoms with Crippen LogP contribution in [0.25, 0.3) is 0 Å². The fourth-order valence-electron chi connectivity index (χ4n) is 16.3. The van der Waals surface area contributed by atoms with Gasteiger partial charge in [-0.15, -0.1) is 0 Å². The summed E-state index contributed by atoms with van der Waals surface area (Å²) in [7, 11) is 12.7. The predicted octanol–water partition coefficient (Wildman–Crippen LogP) is 5.88. The number of piperidine rings is 1. The van der Waals surface area contributed by atoms with E-state index in [0.717, 1.165) is 65.4 Å². The zero-order chi connectivity index (χ0) is 78.6. The highest BCUT2D eigenvalue weighted by atomic mass is 35.5. The largest absolute Gasteiger partial charge is 0.417 e. The van der Waals surface area contributed by atoms with E-state index in [-0.39, 0.29) is 68.9 Å². The molecule has 1 aromatic carbocycles. The molecule has 13 amide bonds. The summed E-state index contributed by atoms with van der Waals surface area (Å²) in [4.78, 5) is 209. The number of carbonyl (C=O) groups is 13. The second-order valence-electron chi connectivity index (χ2n) is 31.5. The number of alkyl halides is 3. The molecule has 10 atom stereocenters. The number of carbonyl (C=O) groups excluding carboxylic acids is 13. The minimum absolute atomic E-state index is 0.0118. The maximum Gasteiger partial charge on any atom is 0.417 e. The van der Waals surface area contributed by atoms with Gasteiger partial charge in [-0.25, -0.2) is 0 Å². The highest BCUT2D eigenvalue weighted by Crippen LogP contribution is 2.39. The highest BCUT2D eigenvalue weighted by molar-refractivity contribution is 6.31. The van der Waals surface area contributed by atoms with Crippen molar-refractivity contribution in [1.29, 1.82) is 0 Å². The first-order valence-corrected chi connectivity index (χ1v) is 38.6. The molecule has 0 aromatic heterocycles. The van der Waals surface area contributed by atoms with Gasteiger partial charge < -0.3 is 64.9 Å². The molecule has 106 heavy (non-hydrogen) atoms. The van der Waals surface area contributed by atoms with Gasteiger partial charge in [0.2, 0.25) is 76.8 Å². The molecule has 7 rings (SSSR count). The lowest BCUT2D eigenvalue weighted by molar-refractivity contribution is -0.160. The first kappa shape index (κ1) is 85.7. The van der Waals surface area contributed by atoms with E-state index < -0.39 is 185 Å². The van der Waals surface area contributed by atoms with E-state index in [1.807, 2.05) is 20.8 Å². The van der Waals surface area contributed by atoms with Crippen LogP contribution in [0, 0.1) is 23.7 Å². The molecule has 0 radical (unpaired) electrons. The molecule has 0 unspecified atom stereocenters. The van der Waals surface area contributed by atoms with E-state index in [9.17, 15) is 51.5 Å². The van der Waals surface area contributed by atoms with E-state index >= 15 is 24.0 Å².